The molecule has 2 aliphatic rings. The quantitative estimate of drug-likeness (QED) is 0.595. The van der Waals surface area contributed by atoms with Gasteiger partial charge in [0.05, 0.1) is 50.1 Å². The summed E-state index contributed by atoms with van der Waals surface area (Å²) in [5.41, 5.74) is 1.22. The summed E-state index contributed by atoms with van der Waals surface area (Å²) < 4.78 is 51.8. The number of carbonyl (C=O) groups excluding carboxylic acids is 1. The number of ether oxygens (including phenoxy) is 2. The first kappa shape index (κ1) is 22.3. The molecular weight excluding hydrogens is 455 g/mol. The zero-order chi connectivity index (χ0) is 23.9. The molecule has 0 aliphatic carbocycles. The van der Waals surface area contributed by atoms with Crippen molar-refractivity contribution in [2.45, 2.75) is 24.8 Å². The van der Waals surface area contributed by atoms with Gasteiger partial charge in [0.1, 0.15) is 12.4 Å². The summed E-state index contributed by atoms with van der Waals surface area (Å²) >= 11 is 0. The van der Waals surface area contributed by atoms with E-state index in [0.29, 0.717) is 48.9 Å². The molecule has 2 saturated heterocycles. The van der Waals surface area contributed by atoms with Crippen molar-refractivity contribution in [2.24, 2.45) is 0 Å². The van der Waals surface area contributed by atoms with Gasteiger partial charge in [-0.3, -0.25) is 0 Å². The van der Waals surface area contributed by atoms with Gasteiger partial charge in [0.2, 0.25) is 0 Å². The molecule has 180 valence electrons. The third-order valence-electron chi connectivity index (χ3n) is 5.71. The summed E-state index contributed by atoms with van der Waals surface area (Å²) in [4.78, 5) is 22.8. The van der Waals surface area contributed by atoms with Crippen LogP contribution in [0.3, 0.4) is 0 Å². The molecule has 0 spiro atoms. The number of urea groups is 1. The first-order valence-electron chi connectivity index (χ1n) is 10.7. The number of hydrogen-bond acceptors (Lipinski definition) is 7. The Morgan fingerprint density at radius 2 is 1.74 bits per heavy atom. The molecule has 0 unspecified atom stereocenters. The van der Waals surface area contributed by atoms with Gasteiger partial charge in [0, 0.05) is 18.3 Å². The number of morpholine rings is 2. The van der Waals surface area contributed by atoms with Crippen molar-refractivity contribution in [2.75, 3.05) is 43.7 Å². The van der Waals surface area contributed by atoms with Crippen LogP contribution in [-0.2, 0) is 16.0 Å². The van der Waals surface area contributed by atoms with Crippen LogP contribution in [0.2, 0.25) is 0 Å². The van der Waals surface area contributed by atoms with Crippen molar-refractivity contribution in [1.82, 2.24) is 25.1 Å². The van der Waals surface area contributed by atoms with Gasteiger partial charge in [-0.25, -0.2) is 19.4 Å². The van der Waals surface area contributed by atoms with E-state index in [2.05, 4.69) is 25.6 Å². The molecule has 5 rings (SSSR count). The van der Waals surface area contributed by atoms with Crippen LogP contribution in [0.5, 0.6) is 0 Å². The standard InChI is InChI=1S/C21H22F3N7O3/c1-25-20(32)27-13-4-2-12(3-5-13)17-28-18-16(6-26-30(18)11-21(22,23)24)19(29-17)31-14-7-33-9-15(31)10-34-8-14/h2-6,14-15H,7-11H2,1H3,(H2,25,27,32). The monoisotopic (exact) mass is 477 g/mol. The lowest BCUT2D eigenvalue weighted by Gasteiger charge is -2.46. The van der Waals surface area contributed by atoms with E-state index in [1.807, 2.05) is 0 Å². The van der Waals surface area contributed by atoms with E-state index >= 15 is 0 Å². The van der Waals surface area contributed by atoms with Crippen LogP contribution in [0.15, 0.2) is 30.5 Å². The minimum Gasteiger partial charge on any atom is -0.377 e. The molecule has 34 heavy (non-hydrogen) atoms. The van der Waals surface area contributed by atoms with Gasteiger partial charge in [-0.15, -0.1) is 0 Å². The van der Waals surface area contributed by atoms with E-state index < -0.39 is 12.7 Å². The molecule has 2 amide bonds. The number of rotatable bonds is 4. The molecule has 3 aromatic rings. The second-order valence-electron chi connectivity index (χ2n) is 8.10. The maximum absolute atomic E-state index is 13.2. The number of amides is 2. The molecule has 10 nitrogen and oxygen atoms in total. The van der Waals surface area contributed by atoms with E-state index in [9.17, 15) is 18.0 Å². The van der Waals surface area contributed by atoms with Gasteiger partial charge in [0.25, 0.3) is 0 Å². The Hall–Kier alpha value is -3.45. The first-order valence-corrected chi connectivity index (χ1v) is 10.7. The second-order valence-corrected chi connectivity index (χ2v) is 8.10. The number of fused-ring (bicyclic) bond motifs is 3. The highest BCUT2D eigenvalue weighted by atomic mass is 19.4. The fraction of sp³-hybridized carbons (Fsp3) is 0.429. The lowest BCUT2D eigenvalue weighted by molar-refractivity contribution is -0.141. The Kier molecular flexibility index (Phi) is 5.73. The molecule has 2 aromatic heterocycles. The van der Waals surface area contributed by atoms with Crippen molar-refractivity contribution in [3.05, 3.63) is 30.5 Å². The highest BCUT2D eigenvalue weighted by Crippen LogP contribution is 2.34. The third kappa shape index (κ3) is 4.35. The number of nitrogens with one attached hydrogen (secondary N) is 2. The summed E-state index contributed by atoms with van der Waals surface area (Å²) in [7, 11) is 1.50. The number of hydrogen-bond donors (Lipinski definition) is 2. The van der Waals surface area contributed by atoms with Crippen LogP contribution in [0, 0.1) is 0 Å². The molecular formula is C21H22F3N7O3. The van der Waals surface area contributed by atoms with Crippen molar-refractivity contribution in [3.8, 4) is 11.4 Å². The highest BCUT2D eigenvalue weighted by molar-refractivity contribution is 5.90. The average molecular weight is 477 g/mol. The molecule has 2 fully saturated rings. The largest absolute Gasteiger partial charge is 0.408 e. The first-order chi connectivity index (χ1) is 16.3. The lowest BCUT2D eigenvalue weighted by Crippen LogP contribution is -2.60. The Morgan fingerprint density at radius 1 is 1.09 bits per heavy atom. The van der Waals surface area contributed by atoms with Crippen LogP contribution in [0.25, 0.3) is 22.4 Å². The maximum atomic E-state index is 13.2. The van der Waals surface area contributed by atoms with Gasteiger partial charge in [-0.05, 0) is 24.3 Å². The van der Waals surface area contributed by atoms with Crippen LogP contribution in [0.1, 0.15) is 0 Å². The Morgan fingerprint density at radius 3 is 2.32 bits per heavy atom. The van der Waals surface area contributed by atoms with E-state index in [1.54, 1.807) is 24.3 Å². The SMILES string of the molecule is CNC(=O)Nc1ccc(-c2nc(N3C4COCC3COC4)c3cnn(CC(F)(F)F)c3n2)cc1. The van der Waals surface area contributed by atoms with Crippen molar-refractivity contribution in [3.63, 3.8) is 0 Å². The van der Waals surface area contributed by atoms with Crippen LogP contribution in [0.4, 0.5) is 29.5 Å². The topological polar surface area (TPSA) is 106 Å². The minimum atomic E-state index is -4.46. The van der Waals surface area contributed by atoms with E-state index in [-0.39, 0.29) is 29.6 Å². The fourth-order valence-corrected chi connectivity index (χ4v) is 4.19. The molecule has 2 bridgehead atoms. The zero-order valence-electron chi connectivity index (χ0n) is 18.2. The van der Waals surface area contributed by atoms with Crippen molar-refractivity contribution in [1.29, 1.82) is 0 Å². The van der Waals surface area contributed by atoms with Gasteiger partial charge < -0.3 is 25.0 Å². The molecule has 0 saturated carbocycles. The van der Waals surface area contributed by atoms with Crippen molar-refractivity contribution < 1.29 is 27.4 Å². The molecule has 1 aromatic carbocycles. The Bertz CT molecular complexity index is 1180. The zero-order valence-corrected chi connectivity index (χ0v) is 18.2. The smallest absolute Gasteiger partial charge is 0.377 e. The number of halogens is 3. The predicted octanol–water partition coefficient (Wildman–Crippen LogP) is 2.41. The molecule has 0 radical (unpaired) electrons. The molecule has 0 atom stereocenters. The average Bonchev–Trinajstić information content (AvgIpc) is 3.19. The van der Waals surface area contributed by atoms with E-state index in [1.165, 1.54) is 13.2 Å². The third-order valence-corrected chi connectivity index (χ3v) is 5.71. The minimum absolute atomic E-state index is 0.0929. The van der Waals surface area contributed by atoms with Crippen LogP contribution in [-0.4, -0.2) is 77.5 Å². The van der Waals surface area contributed by atoms with E-state index in [0.717, 1.165) is 4.68 Å². The summed E-state index contributed by atoms with van der Waals surface area (Å²) in [5.74, 6) is 0.756. The number of anilines is 2. The molecule has 2 aliphatic heterocycles. The van der Waals surface area contributed by atoms with Crippen LogP contribution < -0.4 is 15.5 Å². The van der Waals surface area contributed by atoms with Gasteiger partial charge in [-0.2, -0.15) is 18.3 Å². The van der Waals surface area contributed by atoms with Gasteiger partial charge in [-0.1, -0.05) is 0 Å². The summed E-state index contributed by atoms with van der Waals surface area (Å²) in [6, 6.07) is 6.12. The number of aromatic nitrogens is 4. The normalized spacial score (nSPS) is 20.4. The molecule has 13 heteroatoms. The number of benzene rings is 1. The highest BCUT2D eigenvalue weighted by Gasteiger charge is 2.38. The summed E-state index contributed by atoms with van der Waals surface area (Å²) in [6.45, 7) is 0.434. The molecule has 2 N–H and O–H groups in total. The fourth-order valence-electron chi connectivity index (χ4n) is 4.19. The maximum Gasteiger partial charge on any atom is 0.408 e. The predicted molar refractivity (Wildman–Crippen MR) is 117 cm³/mol. The number of carbonyl (C=O) groups is 1. The Balaban J connectivity index is 1.60. The molecule has 4 heterocycles. The lowest BCUT2D eigenvalue weighted by atomic mass is 10.1. The van der Waals surface area contributed by atoms with E-state index in [4.69, 9.17) is 14.5 Å². The summed E-state index contributed by atoms with van der Waals surface area (Å²) in [5, 5.41) is 9.52. The van der Waals surface area contributed by atoms with Gasteiger partial charge in [0.15, 0.2) is 11.5 Å². The number of alkyl halides is 3. The van der Waals surface area contributed by atoms with Gasteiger partial charge >= 0.3 is 12.2 Å². The number of nitrogens with zero attached hydrogens (tertiary/aromatic N) is 5. The van der Waals surface area contributed by atoms with Crippen molar-refractivity contribution >= 4 is 28.6 Å². The van der Waals surface area contributed by atoms with Crippen LogP contribution >= 0.6 is 0 Å². The Labute approximate surface area is 192 Å². The second kappa shape index (κ2) is 8.72. The summed E-state index contributed by atoms with van der Waals surface area (Å²) in [6.07, 6.45) is -3.08.